The van der Waals surface area contributed by atoms with Crippen LogP contribution in [0.4, 0.5) is 0 Å². The molecule has 22 heavy (non-hydrogen) atoms. The molecule has 0 radical (unpaired) electrons. The largest absolute Gasteiger partial charge is 0.497 e. The molecule has 0 spiro atoms. The van der Waals surface area contributed by atoms with Gasteiger partial charge < -0.3 is 18.9 Å². The van der Waals surface area contributed by atoms with Crippen LogP contribution in [0.15, 0.2) is 30.3 Å². The Morgan fingerprint density at radius 2 is 1.36 bits per heavy atom. The highest BCUT2D eigenvalue weighted by Gasteiger charge is 2.10. The van der Waals surface area contributed by atoms with E-state index in [1.54, 1.807) is 21.3 Å². The van der Waals surface area contributed by atoms with Crippen LogP contribution in [-0.4, -0.2) is 21.3 Å². The molecule has 0 aliphatic rings. The van der Waals surface area contributed by atoms with Gasteiger partial charge >= 0.3 is 0 Å². The molecule has 0 aliphatic carbocycles. The molecule has 0 bridgehead atoms. The van der Waals surface area contributed by atoms with Crippen LogP contribution in [0.2, 0.25) is 0 Å². The summed E-state index contributed by atoms with van der Waals surface area (Å²) in [6, 6.07) is 9.64. The van der Waals surface area contributed by atoms with E-state index in [1.165, 1.54) is 5.56 Å². The Bertz CT molecular complexity index is 650. The Kier molecular flexibility index (Phi) is 5.15. The normalized spacial score (nSPS) is 10.2. The average Bonchev–Trinajstić information content (AvgIpc) is 2.55. The zero-order valence-corrected chi connectivity index (χ0v) is 13.7. The van der Waals surface area contributed by atoms with Gasteiger partial charge in [0, 0.05) is 11.6 Å². The number of hydrogen-bond donors (Lipinski definition) is 0. The fraction of sp³-hybridized carbons (Fsp3) is 0.333. The first-order valence-electron chi connectivity index (χ1n) is 7.08. The lowest BCUT2D eigenvalue weighted by molar-refractivity contribution is 0.277. The standard InChI is InChI=1S/C18H22O4/c1-12-8-17(21-5)18(9-13(12)2)22-11-14-6-7-15(19-3)10-16(14)20-4/h6-10H,11H2,1-5H3. The molecule has 0 fully saturated rings. The van der Waals surface area contributed by atoms with Gasteiger partial charge in [0.05, 0.1) is 21.3 Å². The van der Waals surface area contributed by atoms with Crippen LogP contribution in [0.1, 0.15) is 16.7 Å². The number of ether oxygens (including phenoxy) is 4. The molecule has 0 heterocycles. The van der Waals surface area contributed by atoms with E-state index in [1.807, 2.05) is 37.3 Å². The zero-order chi connectivity index (χ0) is 16.1. The molecule has 4 nitrogen and oxygen atoms in total. The van der Waals surface area contributed by atoms with Crippen molar-refractivity contribution in [2.45, 2.75) is 20.5 Å². The van der Waals surface area contributed by atoms with E-state index < -0.39 is 0 Å². The smallest absolute Gasteiger partial charge is 0.161 e. The van der Waals surface area contributed by atoms with E-state index in [9.17, 15) is 0 Å². The van der Waals surface area contributed by atoms with E-state index in [0.717, 1.165) is 34.1 Å². The topological polar surface area (TPSA) is 36.9 Å². The Morgan fingerprint density at radius 3 is 1.95 bits per heavy atom. The molecule has 4 heteroatoms. The maximum atomic E-state index is 5.92. The first-order valence-corrected chi connectivity index (χ1v) is 7.08. The maximum absolute atomic E-state index is 5.92. The SMILES string of the molecule is COc1ccc(COc2cc(C)c(C)cc2OC)c(OC)c1. The van der Waals surface area contributed by atoms with Crippen LogP contribution in [0.5, 0.6) is 23.0 Å². The van der Waals surface area contributed by atoms with Gasteiger partial charge in [0.1, 0.15) is 18.1 Å². The maximum Gasteiger partial charge on any atom is 0.161 e. The monoisotopic (exact) mass is 302 g/mol. The number of rotatable bonds is 6. The molecule has 0 unspecified atom stereocenters. The van der Waals surface area contributed by atoms with E-state index >= 15 is 0 Å². The lowest BCUT2D eigenvalue weighted by Crippen LogP contribution is -2.01. The number of benzene rings is 2. The second-order valence-electron chi connectivity index (χ2n) is 5.05. The summed E-state index contributed by atoms with van der Waals surface area (Å²) >= 11 is 0. The lowest BCUT2D eigenvalue weighted by Gasteiger charge is -2.15. The van der Waals surface area contributed by atoms with Crippen LogP contribution in [0, 0.1) is 13.8 Å². The van der Waals surface area contributed by atoms with Gasteiger partial charge in [-0.3, -0.25) is 0 Å². The molecule has 2 aromatic carbocycles. The molecule has 2 rings (SSSR count). The summed E-state index contributed by atoms with van der Waals surface area (Å²) in [4.78, 5) is 0. The zero-order valence-electron chi connectivity index (χ0n) is 13.7. The number of aryl methyl sites for hydroxylation is 2. The Hall–Kier alpha value is -2.36. The second-order valence-corrected chi connectivity index (χ2v) is 5.05. The molecule has 0 amide bonds. The molecule has 0 saturated carbocycles. The fourth-order valence-electron chi connectivity index (χ4n) is 2.16. The lowest BCUT2D eigenvalue weighted by atomic mass is 10.1. The van der Waals surface area contributed by atoms with Crippen LogP contribution in [0.3, 0.4) is 0 Å². The Balaban J connectivity index is 2.21. The third-order valence-corrected chi connectivity index (χ3v) is 3.66. The van der Waals surface area contributed by atoms with Crippen molar-refractivity contribution in [3.8, 4) is 23.0 Å². The molecular formula is C18H22O4. The third kappa shape index (κ3) is 3.45. The predicted molar refractivity (Wildman–Crippen MR) is 86.3 cm³/mol. The molecule has 0 saturated heterocycles. The van der Waals surface area contributed by atoms with Gasteiger partial charge in [0.15, 0.2) is 11.5 Å². The summed E-state index contributed by atoms with van der Waals surface area (Å²) in [7, 11) is 4.91. The number of hydrogen-bond acceptors (Lipinski definition) is 4. The summed E-state index contributed by atoms with van der Waals surface area (Å²) in [6.07, 6.45) is 0. The highest BCUT2D eigenvalue weighted by Crippen LogP contribution is 2.32. The van der Waals surface area contributed by atoms with E-state index in [4.69, 9.17) is 18.9 Å². The van der Waals surface area contributed by atoms with Crippen molar-refractivity contribution in [2.24, 2.45) is 0 Å². The minimum Gasteiger partial charge on any atom is -0.497 e. The van der Waals surface area contributed by atoms with Crippen molar-refractivity contribution < 1.29 is 18.9 Å². The molecule has 0 aliphatic heterocycles. The molecule has 2 aromatic rings. The number of methoxy groups -OCH3 is 3. The van der Waals surface area contributed by atoms with Crippen LogP contribution < -0.4 is 18.9 Å². The third-order valence-electron chi connectivity index (χ3n) is 3.66. The van der Waals surface area contributed by atoms with Crippen molar-refractivity contribution in [3.05, 3.63) is 47.0 Å². The molecular weight excluding hydrogens is 280 g/mol. The van der Waals surface area contributed by atoms with Gasteiger partial charge in [-0.25, -0.2) is 0 Å². The van der Waals surface area contributed by atoms with E-state index in [0.29, 0.717) is 6.61 Å². The summed E-state index contributed by atoms with van der Waals surface area (Å²) in [5.74, 6) is 2.95. The van der Waals surface area contributed by atoms with Crippen molar-refractivity contribution in [2.75, 3.05) is 21.3 Å². The first kappa shape index (κ1) is 16.0. The van der Waals surface area contributed by atoms with Crippen molar-refractivity contribution >= 4 is 0 Å². The van der Waals surface area contributed by atoms with Crippen LogP contribution in [-0.2, 0) is 6.61 Å². The summed E-state index contributed by atoms with van der Waals surface area (Å²) < 4.78 is 21.9. The highest BCUT2D eigenvalue weighted by molar-refractivity contribution is 5.47. The van der Waals surface area contributed by atoms with Crippen molar-refractivity contribution in [1.82, 2.24) is 0 Å². The quantitative estimate of drug-likeness (QED) is 0.810. The summed E-state index contributed by atoms with van der Waals surface area (Å²) in [6.45, 7) is 4.50. The average molecular weight is 302 g/mol. The van der Waals surface area contributed by atoms with Gasteiger partial charge in [-0.2, -0.15) is 0 Å². The minimum absolute atomic E-state index is 0.395. The van der Waals surface area contributed by atoms with E-state index in [-0.39, 0.29) is 0 Å². The van der Waals surface area contributed by atoms with E-state index in [2.05, 4.69) is 6.92 Å². The molecule has 118 valence electrons. The van der Waals surface area contributed by atoms with Crippen molar-refractivity contribution in [1.29, 1.82) is 0 Å². The van der Waals surface area contributed by atoms with Crippen LogP contribution in [0.25, 0.3) is 0 Å². The van der Waals surface area contributed by atoms with Gasteiger partial charge in [0.25, 0.3) is 0 Å². The summed E-state index contributed by atoms with van der Waals surface area (Å²) in [5, 5.41) is 0. The Labute approximate surface area is 131 Å². The Morgan fingerprint density at radius 1 is 0.727 bits per heavy atom. The predicted octanol–water partition coefficient (Wildman–Crippen LogP) is 3.91. The minimum atomic E-state index is 0.395. The summed E-state index contributed by atoms with van der Waals surface area (Å²) in [5.41, 5.74) is 3.28. The molecule has 0 N–H and O–H groups in total. The first-order chi connectivity index (χ1) is 10.6. The molecule has 0 atom stereocenters. The van der Waals surface area contributed by atoms with Gasteiger partial charge in [-0.05, 0) is 49.2 Å². The van der Waals surface area contributed by atoms with Crippen LogP contribution >= 0.6 is 0 Å². The van der Waals surface area contributed by atoms with Gasteiger partial charge in [0.2, 0.25) is 0 Å². The van der Waals surface area contributed by atoms with Gasteiger partial charge in [-0.15, -0.1) is 0 Å². The van der Waals surface area contributed by atoms with Crippen molar-refractivity contribution in [3.63, 3.8) is 0 Å². The highest BCUT2D eigenvalue weighted by atomic mass is 16.5. The fourth-order valence-corrected chi connectivity index (χ4v) is 2.16. The second kappa shape index (κ2) is 7.07. The van der Waals surface area contributed by atoms with Gasteiger partial charge in [-0.1, -0.05) is 0 Å². The molecule has 0 aromatic heterocycles.